The van der Waals surface area contributed by atoms with Crippen molar-refractivity contribution in [1.82, 2.24) is 36.1 Å². The number of benzene rings is 2. The van der Waals surface area contributed by atoms with Crippen molar-refractivity contribution < 1.29 is 33.9 Å². The van der Waals surface area contributed by atoms with Gasteiger partial charge < -0.3 is 41.2 Å². The molecule has 6 N–H and O–H groups in total. The van der Waals surface area contributed by atoms with Crippen molar-refractivity contribution in [3.63, 3.8) is 0 Å². The lowest BCUT2D eigenvalue weighted by Crippen LogP contribution is -2.59. The van der Waals surface area contributed by atoms with Gasteiger partial charge in [-0.3, -0.25) is 28.8 Å². The van der Waals surface area contributed by atoms with Crippen LogP contribution in [0.3, 0.4) is 0 Å². The molecular formula is C34H39N7O7. The van der Waals surface area contributed by atoms with E-state index in [1.807, 2.05) is 24.3 Å². The van der Waals surface area contributed by atoms with Gasteiger partial charge >= 0.3 is 0 Å². The Hall–Kier alpha value is -5.40. The van der Waals surface area contributed by atoms with Gasteiger partial charge in [0.25, 0.3) is 0 Å². The Labute approximate surface area is 276 Å². The number of aromatic hydroxyl groups is 1. The van der Waals surface area contributed by atoms with Crippen LogP contribution in [0.4, 0.5) is 0 Å². The Bertz CT molecular complexity index is 1720. The smallest absolute Gasteiger partial charge is 0.246 e. The number of amides is 6. The highest BCUT2D eigenvalue weighted by atomic mass is 16.3. The normalized spacial score (nSPS) is 24.7. The van der Waals surface area contributed by atoms with E-state index in [1.54, 1.807) is 18.3 Å². The third-order valence-electron chi connectivity index (χ3n) is 9.30. The highest BCUT2D eigenvalue weighted by molar-refractivity contribution is 5.98. The molecule has 252 valence electrons. The average molecular weight is 658 g/mol. The van der Waals surface area contributed by atoms with Crippen molar-refractivity contribution in [2.45, 2.75) is 62.7 Å². The number of nitrogens with zero attached hydrogens (tertiary/aromatic N) is 2. The zero-order valence-corrected chi connectivity index (χ0v) is 26.4. The van der Waals surface area contributed by atoms with E-state index in [-0.39, 0.29) is 31.7 Å². The van der Waals surface area contributed by atoms with Crippen LogP contribution in [0.5, 0.6) is 5.75 Å². The van der Waals surface area contributed by atoms with Crippen LogP contribution < -0.4 is 21.3 Å². The first-order valence-corrected chi connectivity index (χ1v) is 16.3. The van der Waals surface area contributed by atoms with Gasteiger partial charge in [-0.25, -0.2) is 0 Å². The quantitative estimate of drug-likeness (QED) is 0.225. The molecule has 1 aromatic heterocycles. The number of fused-ring (bicyclic) bond motifs is 3. The van der Waals surface area contributed by atoms with Crippen LogP contribution >= 0.6 is 0 Å². The summed E-state index contributed by atoms with van der Waals surface area (Å²) in [5.74, 6) is -3.10. The minimum Gasteiger partial charge on any atom is -0.508 e. The molecule has 0 aliphatic carbocycles. The van der Waals surface area contributed by atoms with E-state index in [4.69, 9.17) is 0 Å². The van der Waals surface area contributed by atoms with Gasteiger partial charge in [0.1, 0.15) is 29.9 Å². The molecule has 6 amide bonds. The first-order chi connectivity index (χ1) is 23.2. The van der Waals surface area contributed by atoms with Gasteiger partial charge in [-0.15, -0.1) is 0 Å². The van der Waals surface area contributed by atoms with Crippen LogP contribution in [-0.4, -0.2) is 106 Å². The number of phenols is 1. The van der Waals surface area contributed by atoms with Crippen molar-refractivity contribution in [2.24, 2.45) is 0 Å². The standard InChI is InChI=1S/C34H39N7O7/c42-22-11-9-20(10-12-22)15-26-34(48)41-14-4-7-27(41)32(46)37-18-29(43)36-19-30(44)40-13-3-8-28(40)33(47)38-25(31(45)39-26)16-21-17-35-24-6-2-1-5-23(21)24/h1-2,5-6,9-12,17,25-28,35,42H,3-4,7-8,13-16,18-19H2,(H,36,43)(H,37,46)(H,38,47)(H,39,45)/t25-,26-,27-,28-/m1/s1. The number of carbonyl (C=O) groups is 6. The first kappa shape index (κ1) is 32.5. The Balaban J connectivity index is 1.35. The number of H-pyrrole nitrogens is 1. The average Bonchev–Trinajstić information content (AvgIpc) is 3.86. The summed E-state index contributed by atoms with van der Waals surface area (Å²) in [6.45, 7) is -0.168. The highest BCUT2D eigenvalue weighted by Gasteiger charge is 2.40. The number of phenolic OH excluding ortho intramolecular Hbond substituents is 1. The molecule has 4 heterocycles. The van der Waals surface area contributed by atoms with E-state index >= 15 is 0 Å². The second-order valence-corrected chi connectivity index (χ2v) is 12.5. The summed E-state index contributed by atoms with van der Waals surface area (Å²) in [7, 11) is 0. The molecule has 2 aromatic carbocycles. The van der Waals surface area contributed by atoms with Gasteiger partial charge in [0.2, 0.25) is 35.4 Å². The molecule has 3 aromatic rings. The summed E-state index contributed by atoms with van der Waals surface area (Å²) in [5, 5.41) is 21.5. The minimum atomic E-state index is -1.12. The SMILES string of the molecule is O=C1CNC(=O)[C@H]2CCCN2C(=O)[C@@H](Cc2ccc(O)cc2)NC(=O)[C@@H](Cc2c[nH]c3ccccc23)NC(=O)[C@H]2CCCN2C(=O)CN1. The summed E-state index contributed by atoms with van der Waals surface area (Å²) in [5.41, 5.74) is 2.28. The Kier molecular flexibility index (Phi) is 9.60. The second kappa shape index (κ2) is 14.2. The molecular weight excluding hydrogens is 618 g/mol. The van der Waals surface area contributed by atoms with Gasteiger partial charge in [-0.05, 0) is 55.0 Å². The lowest BCUT2D eigenvalue weighted by atomic mass is 10.0. The Morgan fingerprint density at radius 3 is 2.17 bits per heavy atom. The van der Waals surface area contributed by atoms with E-state index in [0.717, 1.165) is 16.5 Å². The number of rotatable bonds is 4. The van der Waals surface area contributed by atoms with Crippen LogP contribution in [0.2, 0.25) is 0 Å². The van der Waals surface area contributed by atoms with E-state index < -0.39 is 66.2 Å². The largest absolute Gasteiger partial charge is 0.508 e. The second-order valence-electron chi connectivity index (χ2n) is 12.5. The lowest BCUT2D eigenvalue weighted by Gasteiger charge is -2.31. The van der Waals surface area contributed by atoms with E-state index in [2.05, 4.69) is 26.3 Å². The number of aromatic amines is 1. The molecule has 48 heavy (non-hydrogen) atoms. The molecule has 14 heteroatoms. The molecule has 3 aliphatic rings. The van der Waals surface area contributed by atoms with Gasteiger partial charge in [-0.1, -0.05) is 30.3 Å². The Morgan fingerprint density at radius 2 is 1.40 bits per heavy atom. The number of para-hydroxylation sites is 1. The van der Waals surface area contributed by atoms with Crippen molar-refractivity contribution in [2.75, 3.05) is 26.2 Å². The first-order valence-electron chi connectivity index (χ1n) is 16.3. The Morgan fingerprint density at radius 1 is 0.708 bits per heavy atom. The predicted octanol–water partition coefficient (Wildman–Crippen LogP) is -0.144. The monoisotopic (exact) mass is 657 g/mol. The fraction of sp³-hybridized carbons (Fsp3) is 0.412. The summed E-state index contributed by atoms with van der Waals surface area (Å²) in [4.78, 5) is 87.0. The minimum absolute atomic E-state index is 0.0417. The van der Waals surface area contributed by atoms with Crippen molar-refractivity contribution in [1.29, 1.82) is 0 Å². The number of aromatic nitrogens is 1. The van der Waals surface area contributed by atoms with E-state index in [0.29, 0.717) is 37.8 Å². The van der Waals surface area contributed by atoms with Crippen molar-refractivity contribution in [3.8, 4) is 5.75 Å². The predicted molar refractivity (Wildman–Crippen MR) is 173 cm³/mol. The fourth-order valence-electron chi connectivity index (χ4n) is 6.80. The third kappa shape index (κ3) is 7.11. The van der Waals surface area contributed by atoms with Gasteiger partial charge in [0.15, 0.2) is 0 Å². The van der Waals surface area contributed by atoms with Crippen molar-refractivity contribution >= 4 is 46.3 Å². The third-order valence-corrected chi connectivity index (χ3v) is 9.30. The number of hydrogen-bond acceptors (Lipinski definition) is 7. The van der Waals surface area contributed by atoms with Crippen LogP contribution in [0.1, 0.15) is 36.8 Å². The van der Waals surface area contributed by atoms with E-state index in [9.17, 15) is 33.9 Å². The molecule has 14 nitrogen and oxygen atoms in total. The summed E-state index contributed by atoms with van der Waals surface area (Å²) < 4.78 is 0. The molecule has 4 atom stereocenters. The number of carbonyl (C=O) groups excluding carboxylic acids is 6. The number of nitrogens with one attached hydrogen (secondary N) is 5. The molecule has 6 rings (SSSR count). The highest BCUT2D eigenvalue weighted by Crippen LogP contribution is 2.23. The topological polar surface area (TPSA) is 193 Å². The molecule has 0 saturated carbocycles. The summed E-state index contributed by atoms with van der Waals surface area (Å²) >= 11 is 0. The van der Waals surface area contributed by atoms with Crippen LogP contribution in [0, 0.1) is 0 Å². The molecule has 0 bridgehead atoms. The maximum absolute atomic E-state index is 14.2. The van der Waals surface area contributed by atoms with Crippen LogP contribution in [0.15, 0.2) is 54.7 Å². The van der Waals surface area contributed by atoms with Gasteiger partial charge in [0.05, 0.1) is 13.1 Å². The van der Waals surface area contributed by atoms with Crippen LogP contribution in [0.25, 0.3) is 10.9 Å². The molecule has 3 aliphatic heterocycles. The summed E-state index contributed by atoms with van der Waals surface area (Å²) in [6.07, 6.45) is 3.77. The molecule has 3 saturated heterocycles. The van der Waals surface area contributed by atoms with Crippen molar-refractivity contribution in [3.05, 3.63) is 65.9 Å². The van der Waals surface area contributed by atoms with Gasteiger partial charge in [-0.2, -0.15) is 0 Å². The zero-order chi connectivity index (χ0) is 33.8. The molecule has 0 radical (unpaired) electrons. The zero-order valence-electron chi connectivity index (χ0n) is 26.4. The molecule has 0 unspecified atom stereocenters. The number of hydrogen-bond donors (Lipinski definition) is 6. The lowest BCUT2D eigenvalue weighted by molar-refractivity contribution is -0.142. The maximum Gasteiger partial charge on any atom is 0.246 e. The van der Waals surface area contributed by atoms with Crippen LogP contribution in [-0.2, 0) is 41.6 Å². The molecule has 0 spiro atoms. The fourth-order valence-corrected chi connectivity index (χ4v) is 6.80. The summed E-state index contributed by atoms with van der Waals surface area (Å²) in [6, 6.07) is 9.84. The van der Waals surface area contributed by atoms with E-state index in [1.165, 1.54) is 21.9 Å². The maximum atomic E-state index is 14.2. The molecule has 3 fully saturated rings. The van der Waals surface area contributed by atoms with Gasteiger partial charge in [0, 0.05) is 43.0 Å².